The highest BCUT2D eigenvalue weighted by Gasteiger charge is 2.02. The Balaban J connectivity index is 2.20. The molecule has 0 aliphatic carbocycles. The maximum absolute atomic E-state index is 13.0. The van der Waals surface area contributed by atoms with E-state index in [1.165, 1.54) is 19.1 Å². The molecule has 0 heterocycles. The van der Waals surface area contributed by atoms with Crippen molar-refractivity contribution in [3.8, 4) is 0 Å². The van der Waals surface area contributed by atoms with Crippen molar-refractivity contribution >= 4 is 17.2 Å². The van der Waals surface area contributed by atoms with E-state index in [2.05, 4.69) is 5.32 Å². The number of carbonyl (C=O) groups is 1. The monoisotopic (exact) mass is 247 g/mol. The molecular formula is C14H11F2NO. The quantitative estimate of drug-likeness (QED) is 0.833. The molecule has 0 fully saturated rings. The number of hydrogen-bond donors (Lipinski definition) is 1. The van der Waals surface area contributed by atoms with E-state index in [1.807, 2.05) is 0 Å². The van der Waals surface area contributed by atoms with Crippen LogP contribution in [0, 0.1) is 11.6 Å². The van der Waals surface area contributed by atoms with Crippen molar-refractivity contribution < 1.29 is 13.6 Å². The van der Waals surface area contributed by atoms with Crippen LogP contribution in [0.2, 0.25) is 0 Å². The minimum absolute atomic E-state index is 0.0293. The average molecular weight is 247 g/mol. The van der Waals surface area contributed by atoms with Crippen LogP contribution in [0.15, 0.2) is 42.5 Å². The number of anilines is 2. The predicted octanol–water partition coefficient (Wildman–Crippen LogP) is 3.91. The topological polar surface area (TPSA) is 29.1 Å². The molecule has 2 nitrogen and oxygen atoms in total. The number of halogens is 2. The third kappa shape index (κ3) is 2.91. The second-order valence-electron chi connectivity index (χ2n) is 3.92. The van der Waals surface area contributed by atoms with E-state index < -0.39 is 11.6 Å². The zero-order chi connectivity index (χ0) is 13.1. The lowest BCUT2D eigenvalue weighted by Crippen LogP contribution is -1.95. The summed E-state index contributed by atoms with van der Waals surface area (Å²) in [5.74, 6) is -1.31. The van der Waals surface area contributed by atoms with E-state index in [0.717, 1.165) is 6.07 Å². The zero-order valence-electron chi connectivity index (χ0n) is 9.71. The first-order valence-electron chi connectivity index (χ1n) is 5.39. The molecule has 0 radical (unpaired) electrons. The first-order chi connectivity index (χ1) is 8.54. The highest BCUT2D eigenvalue weighted by molar-refractivity contribution is 5.94. The summed E-state index contributed by atoms with van der Waals surface area (Å²) >= 11 is 0. The Bertz CT molecular complexity index is 559. The molecule has 4 heteroatoms. The van der Waals surface area contributed by atoms with Gasteiger partial charge in [-0.15, -0.1) is 0 Å². The van der Waals surface area contributed by atoms with Crippen LogP contribution in [0.4, 0.5) is 20.2 Å². The molecule has 0 unspecified atom stereocenters. The number of carbonyl (C=O) groups excluding carboxylic acids is 1. The third-order valence-corrected chi connectivity index (χ3v) is 2.44. The fourth-order valence-electron chi connectivity index (χ4n) is 1.58. The molecule has 1 N–H and O–H groups in total. The van der Waals surface area contributed by atoms with Gasteiger partial charge in [0.1, 0.15) is 11.6 Å². The summed E-state index contributed by atoms with van der Waals surface area (Å²) in [7, 11) is 0. The Hall–Kier alpha value is -2.23. The van der Waals surface area contributed by atoms with Gasteiger partial charge in [-0.2, -0.15) is 0 Å². The van der Waals surface area contributed by atoms with Gasteiger partial charge in [-0.05, 0) is 43.3 Å². The smallest absolute Gasteiger partial charge is 0.159 e. The van der Waals surface area contributed by atoms with Gasteiger partial charge < -0.3 is 5.32 Å². The van der Waals surface area contributed by atoms with Crippen LogP contribution < -0.4 is 5.32 Å². The van der Waals surface area contributed by atoms with Crippen LogP contribution in [0.1, 0.15) is 17.3 Å². The molecule has 0 bridgehead atoms. The lowest BCUT2D eigenvalue weighted by atomic mass is 10.1. The number of rotatable bonds is 3. The fourth-order valence-corrected chi connectivity index (χ4v) is 1.58. The number of ketones is 1. The van der Waals surface area contributed by atoms with Gasteiger partial charge in [-0.25, -0.2) is 8.78 Å². The van der Waals surface area contributed by atoms with Gasteiger partial charge in [0.2, 0.25) is 0 Å². The number of benzene rings is 2. The van der Waals surface area contributed by atoms with Crippen molar-refractivity contribution in [2.45, 2.75) is 6.92 Å². The molecule has 0 aliphatic heterocycles. The van der Waals surface area contributed by atoms with Gasteiger partial charge in [0.25, 0.3) is 0 Å². The maximum atomic E-state index is 13.0. The van der Waals surface area contributed by atoms with Crippen LogP contribution in [-0.2, 0) is 0 Å². The molecule has 2 rings (SSSR count). The Morgan fingerprint density at radius 2 is 1.50 bits per heavy atom. The van der Waals surface area contributed by atoms with E-state index in [1.54, 1.807) is 24.3 Å². The molecule has 0 atom stereocenters. The van der Waals surface area contributed by atoms with Crippen LogP contribution >= 0.6 is 0 Å². The summed E-state index contributed by atoms with van der Waals surface area (Å²) in [6.45, 7) is 1.48. The number of nitrogens with one attached hydrogen (secondary N) is 1. The molecular weight excluding hydrogens is 236 g/mol. The average Bonchev–Trinajstić information content (AvgIpc) is 2.28. The van der Waals surface area contributed by atoms with E-state index in [9.17, 15) is 13.6 Å². The Kier molecular flexibility index (Phi) is 3.37. The molecule has 0 saturated carbocycles. The molecule has 92 valence electrons. The van der Waals surface area contributed by atoms with E-state index in [-0.39, 0.29) is 5.78 Å². The predicted molar refractivity (Wildman–Crippen MR) is 66.1 cm³/mol. The van der Waals surface area contributed by atoms with E-state index in [0.29, 0.717) is 16.9 Å². The van der Waals surface area contributed by atoms with Crippen molar-refractivity contribution in [2.75, 3.05) is 5.32 Å². The molecule has 18 heavy (non-hydrogen) atoms. The number of hydrogen-bond acceptors (Lipinski definition) is 2. The molecule has 0 aliphatic rings. The van der Waals surface area contributed by atoms with Gasteiger partial charge in [0.15, 0.2) is 5.78 Å². The molecule has 0 amide bonds. The van der Waals surface area contributed by atoms with Gasteiger partial charge in [-0.3, -0.25) is 4.79 Å². The second-order valence-corrected chi connectivity index (χ2v) is 3.92. The molecule has 0 spiro atoms. The van der Waals surface area contributed by atoms with Crippen LogP contribution in [0.25, 0.3) is 0 Å². The molecule has 2 aromatic carbocycles. The molecule has 0 aromatic heterocycles. The van der Waals surface area contributed by atoms with Gasteiger partial charge in [0.05, 0.1) is 0 Å². The third-order valence-electron chi connectivity index (χ3n) is 2.44. The van der Waals surface area contributed by atoms with Crippen molar-refractivity contribution in [2.24, 2.45) is 0 Å². The zero-order valence-corrected chi connectivity index (χ0v) is 9.71. The largest absolute Gasteiger partial charge is 0.355 e. The maximum Gasteiger partial charge on any atom is 0.159 e. The summed E-state index contributed by atoms with van der Waals surface area (Å²) in [6, 6.07) is 9.87. The minimum atomic E-state index is -0.641. The normalized spacial score (nSPS) is 10.2. The second kappa shape index (κ2) is 4.96. The first-order valence-corrected chi connectivity index (χ1v) is 5.39. The van der Waals surface area contributed by atoms with Gasteiger partial charge in [-0.1, -0.05) is 0 Å². The highest BCUT2D eigenvalue weighted by atomic mass is 19.1. The highest BCUT2D eigenvalue weighted by Crippen LogP contribution is 2.19. The summed E-state index contributed by atoms with van der Waals surface area (Å²) in [4.78, 5) is 11.1. The summed E-state index contributed by atoms with van der Waals surface area (Å²) < 4.78 is 26.0. The molecule has 2 aromatic rings. The van der Waals surface area contributed by atoms with Crippen LogP contribution in [0.3, 0.4) is 0 Å². The summed E-state index contributed by atoms with van der Waals surface area (Å²) in [5, 5.41) is 2.86. The number of Topliss-reactive ketones (excluding diaryl/α,β-unsaturated/α-hetero) is 1. The van der Waals surface area contributed by atoms with Crippen molar-refractivity contribution in [3.05, 3.63) is 59.7 Å². The van der Waals surface area contributed by atoms with Gasteiger partial charge >= 0.3 is 0 Å². The van der Waals surface area contributed by atoms with Gasteiger partial charge in [0, 0.05) is 23.0 Å². The van der Waals surface area contributed by atoms with E-state index >= 15 is 0 Å². The van der Waals surface area contributed by atoms with Crippen molar-refractivity contribution in [1.29, 1.82) is 0 Å². The van der Waals surface area contributed by atoms with Crippen molar-refractivity contribution in [3.63, 3.8) is 0 Å². The summed E-state index contributed by atoms with van der Waals surface area (Å²) in [5.41, 5.74) is 1.57. The Morgan fingerprint density at radius 3 is 2.00 bits per heavy atom. The summed E-state index contributed by atoms with van der Waals surface area (Å²) in [6.07, 6.45) is 0. The first kappa shape index (κ1) is 12.2. The lowest BCUT2D eigenvalue weighted by Gasteiger charge is -2.07. The van der Waals surface area contributed by atoms with Crippen LogP contribution in [0.5, 0.6) is 0 Å². The van der Waals surface area contributed by atoms with Crippen molar-refractivity contribution in [1.82, 2.24) is 0 Å². The Morgan fingerprint density at radius 1 is 0.944 bits per heavy atom. The minimum Gasteiger partial charge on any atom is -0.355 e. The fraction of sp³-hybridized carbons (Fsp3) is 0.0714. The SMILES string of the molecule is CC(=O)c1ccc(Nc2cc(F)cc(F)c2)cc1. The van der Waals surface area contributed by atoms with E-state index in [4.69, 9.17) is 0 Å². The lowest BCUT2D eigenvalue weighted by molar-refractivity contribution is 0.101. The molecule has 0 saturated heterocycles. The Labute approximate surface area is 103 Å². The standard InChI is InChI=1S/C14H11F2NO/c1-9(18)10-2-4-13(5-3-10)17-14-7-11(15)6-12(16)8-14/h2-8,17H,1H3. The van der Waals surface area contributed by atoms with Crippen LogP contribution in [-0.4, -0.2) is 5.78 Å².